The smallest absolute Gasteiger partial charge is 0.246 e. The number of fused-ring (bicyclic) bond motifs is 1. The van der Waals surface area contributed by atoms with E-state index in [-0.39, 0.29) is 10.9 Å². The van der Waals surface area contributed by atoms with Gasteiger partial charge in [0, 0.05) is 24.5 Å². The Morgan fingerprint density at radius 3 is 2.57 bits per heavy atom. The summed E-state index contributed by atoms with van der Waals surface area (Å²) in [5.74, 6) is -0.707. The van der Waals surface area contributed by atoms with Crippen LogP contribution in [0.5, 0.6) is 0 Å². The van der Waals surface area contributed by atoms with Crippen molar-refractivity contribution in [2.24, 2.45) is 0 Å². The summed E-state index contributed by atoms with van der Waals surface area (Å²) in [5, 5.41) is 0. The first-order valence-corrected chi connectivity index (χ1v) is 8.29. The first-order valence-electron chi connectivity index (χ1n) is 6.85. The standard InChI is InChI=1S/C15H17FN2O2S/c1-11-7-8-14-12(2)18(10-9-17(11)14)21(19,20)15-6-4-3-5-13(15)16/h3-8,12H,9-10H2,1-2H3/t12-/m1/s1. The maximum Gasteiger partial charge on any atom is 0.246 e. The zero-order chi connectivity index (χ0) is 15.2. The third-order valence-electron chi connectivity index (χ3n) is 4.06. The molecule has 0 unspecified atom stereocenters. The third-order valence-corrected chi connectivity index (χ3v) is 6.06. The van der Waals surface area contributed by atoms with Crippen LogP contribution in [0.1, 0.15) is 24.4 Å². The molecule has 21 heavy (non-hydrogen) atoms. The average Bonchev–Trinajstić information content (AvgIpc) is 2.82. The lowest BCUT2D eigenvalue weighted by atomic mass is 10.2. The second kappa shape index (κ2) is 4.96. The second-order valence-corrected chi connectivity index (χ2v) is 7.13. The maximum atomic E-state index is 13.9. The molecule has 0 saturated heterocycles. The maximum absolute atomic E-state index is 13.9. The van der Waals surface area contributed by atoms with E-state index >= 15 is 0 Å². The van der Waals surface area contributed by atoms with Gasteiger partial charge in [0.2, 0.25) is 10.0 Å². The number of rotatable bonds is 2. The Balaban J connectivity index is 2.04. The molecule has 1 aliphatic heterocycles. The third kappa shape index (κ3) is 2.18. The van der Waals surface area contributed by atoms with Crippen molar-refractivity contribution in [2.45, 2.75) is 31.3 Å². The molecule has 0 bridgehead atoms. The van der Waals surface area contributed by atoms with Crippen molar-refractivity contribution in [3.05, 3.63) is 53.6 Å². The van der Waals surface area contributed by atoms with E-state index in [9.17, 15) is 12.8 Å². The number of aromatic nitrogens is 1. The fourth-order valence-corrected chi connectivity index (χ4v) is 4.57. The molecule has 3 rings (SSSR count). The van der Waals surface area contributed by atoms with Gasteiger partial charge in [-0.2, -0.15) is 4.31 Å². The fourth-order valence-electron chi connectivity index (χ4n) is 2.91. The van der Waals surface area contributed by atoms with Crippen molar-refractivity contribution in [2.75, 3.05) is 6.54 Å². The lowest BCUT2D eigenvalue weighted by molar-refractivity contribution is 0.279. The largest absolute Gasteiger partial charge is 0.346 e. The van der Waals surface area contributed by atoms with E-state index in [0.717, 1.165) is 11.4 Å². The van der Waals surface area contributed by atoms with Crippen LogP contribution in [0.25, 0.3) is 0 Å². The first kappa shape index (κ1) is 14.3. The molecule has 0 amide bonds. The van der Waals surface area contributed by atoms with E-state index in [1.807, 2.05) is 26.0 Å². The molecule has 2 heterocycles. The molecule has 1 atom stereocenters. The van der Waals surface area contributed by atoms with Crippen molar-refractivity contribution in [3.8, 4) is 0 Å². The summed E-state index contributed by atoms with van der Waals surface area (Å²) in [4.78, 5) is -0.256. The Morgan fingerprint density at radius 2 is 1.86 bits per heavy atom. The van der Waals surface area contributed by atoms with Gasteiger partial charge in [-0.25, -0.2) is 12.8 Å². The molecular weight excluding hydrogens is 291 g/mol. The minimum atomic E-state index is -3.83. The highest BCUT2D eigenvalue weighted by molar-refractivity contribution is 7.89. The highest BCUT2D eigenvalue weighted by Crippen LogP contribution is 2.32. The number of hydrogen-bond acceptors (Lipinski definition) is 2. The van der Waals surface area contributed by atoms with E-state index in [0.29, 0.717) is 13.1 Å². The Bertz CT molecular complexity index is 783. The molecule has 6 heteroatoms. The van der Waals surface area contributed by atoms with Crippen molar-refractivity contribution in [1.82, 2.24) is 8.87 Å². The van der Waals surface area contributed by atoms with Crippen LogP contribution in [0.3, 0.4) is 0 Å². The zero-order valence-electron chi connectivity index (χ0n) is 12.0. The number of aryl methyl sites for hydroxylation is 1. The highest BCUT2D eigenvalue weighted by Gasteiger charge is 2.35. The van der Waals surface area contributed by atoms with Gasteiger partial charge < -0.3 is 4.57 Å². The number of hydrogen-bond donors (Lipinski definition) is 0. The minimum absolute atomic E-state index is 0.256. The van der Waals surface area contributed by atoms with Gasteiger partial charge in [0.15, 0.2) is 0 Å². The van der Waals surface area contributed by atoms with Crippen LogP contribution in [0.4, 0.5) is 4.39 Å². The van der Waals surface area contributed by atoms with Crippen LogP contribution >= 0.6 is 0 Å². The van der Waals surface area contributed by atoms with E-state index in [1.165, 1.54) is 28.6 Å². The number of benzene rings is 1. The predicted molar refractivity (Wildman–Crippen MR) is 77.9 cm³/mol. The molecule has 0 radical (unpaired) electrons. The minimum Gasteiger partial charge on any atom is -0.346 e. The van der Waals surface area contributed by atoms with Crippen LogP contribution < -0.4 is 0 Å². The van der Waals surface area contributed by atoms with Gasteiger partial charge in [-0.05, 0) is 38.1 Å². The molecule has 0 N–H and O–H groups in total. The summed E-state index contributed by atoms with van der Waals surface area (Å²) in [7, 11) is -3.83. The molecular formula is C15H17FN2O2S. The molecule has 1 aliphatic rings. The molecule has 2 aromatic rings. The van der Waals surface area contributed by atoms with Crippen LogP contribution in [0.15, 0.2) is 41.3 Å². The Hall–Kier alpha value is -1.66. The van der Waals surface area contributed by atoms with Crippen molar-refractivity contribution in [1.29, 1.82) is 0 Å². The zero-order valence-corrected chi connectivity index (χ0v) is 12.8. The van der Waals surface area contributed by atoms with E-state index in [1.54, 1.807) is 0 Å². The fraction of sp³-hybridized carbons (Fsp3) is 0.333. The summed E-state index contributed by atoms with van der Waals surface area (Å²) in [6.45, 7) is 4.77. The number of sulfonamides is 1. The van der Waals surface area contributed by atoms with Gasteiger partial charge in [0.1, 0.15) is 10.7 Å². The molecule has 0 aliphatic carbocycles. The van der Waals surface area contributed by atoms with Gasteiger partial charge in [0.25, 0.3) is 0 Å². The van der Waals surface area contributed by atoms with Crippen LogP contribution in [0, 0.1) is 12.7 Å². The Kier molecular flexibility index (Phi) is 3.37. The topological polar surface area (TPSA) is 42.3 Å². The van der Waals surface area contributed by atoms with Gasteiger partial charge in [-0.3, -0.25) is 0 Å². The molecule has 1 aromatic heterocycles. The molecule has 4 nitrogen and oxygen atoms in total. The average molecular weight is 308 g/mol. The summed E-state index contributed by atoms with van der Waals surface area (Å²) in [6.07, 6.45) is 0. The number of nitrogens with zero attached hydrogens (tertiary/aromatic N) is 2. The lowest BCUT2D eigenvalue weighted by Gasteiger charge is -2.34. The summed E-state index contributed by atoms with van der Waals surface area (Å²) >= 11 is 0. The molecule has 0 saturated carbocycles. The first-order chi connectivity index (χ1) is 9.93. The van der Waals surface area contributed by atoms with Crippen molar-refractivity contribution < 1.29 is 12.8 Å². The Labute approximate surface area is 123 Å². The number of halogens is 1. The molecule has 1 aromatic carbocycles. The summed E-state index contributed by atoms with van der Waals surface area (Å²) in [6, 6.07) is 9.12. The molecule has 0 spiro atoms. The monoisotopic (exact) mass is 308 g/mol. The van der Waals surface area contributed by atoms with Crippen LogP contribution in [0.2, 0.25) is 0 Å². The summed E-state index contributed by atoms with van der Waals surface area (Å²) in [5.41, 5.74) is 2.05. The Morgan fingerprint density at radius 1 is 1.14 bits per heavy atom. The van der Waals surface area contributed by atoms with Crippen molar-refractivity contribution >= 4 is 10.0 Å². The normalized spacial score (nSPS) is 19.5. The quantitative estimate of drug-likeness (QED) is 0.856. The molecule has 112 valence electrons. The lowest BCUT2D eigenvalue weighted by Crippen LogP contribution is -2.41. The van der Waals surface area contributed by atoms with E-state index in [2.05, 4.69) is 4.57 Å². The van der Waals surface area contributed by atoms with Gasteiger partial charge in [-0.15, -0.1) is 0 Å². The van der Waals surface area contributed by atoms with E-state index < -0.39 is 15.8 Å². The van der Waals surface area contributed by atoms with E-state index in [4.69, 9.17) is 0 Å². The van der Waals surface area contributed by atoms with Gasteiger partial charge in [0.05, 0.1) is 6.04 Å². The predicted octanol–water partition coefficient (Wildman–Crippen LogP) is 2.70. The van der Waals surface area contributed by atoms with Gasteiger partial charge >= 0.3 is 0 Å². The van der Waals surface area contributed by atoms with Crippen LogP contribution in [-0.2, 0) is 16.6 Å². The highest BCUT2D eigenvalue weighted by atomic mass is 32.2. The SMILES string of the molecule is Cc1ccc2n1CCN(S(=O)(=O)c1ccccc1F)[C@@H]2C. The van der Waals surface area contributed by atoms with Crippen LogP contribution in [-0.4, -0.2) is 23.8 Å². The van der Waals surface area contributed by atoms with Crippen molar-refractivity contribution in [3.63, 3.8) is 0 Å². The van der Waals surface area contributed by atoms with Gasteiger partial charge in [-0.1, -0.05) is 12.1 Å². The summed E-state index contributed by atoms with van der Waals surface area (Å²) < 4.78 is 42.8. The second-order valence-electron chi connectivity index (χ2n) is 5.27. The molecule has 0 fully saturated rings.